The quantitative estimate of drug-likeness (QED) is 0.512. The molecule has 24 heavy (non-hydrogen) atoms. The number of halogens is 2. The molecule has 0 aliphatic heterocycles. The predicted molar refractivity (Wildman–Crippen MR) is 111 cm³/mol. The van der Waals surface area contributed by atoms with Crippen molar-refractivity contribution in [3.05, 3.63) is 89.5 Å². The van der Waals surface area contributed by atoms with Gasteiger partial charge in [0.2, 0.25) is 0 Å². The summed E-state index contributed by atoms with van der Waals surface area (Å²) in [5.74, 6) is 0. The molecule has 0 radical (unpaired) electrons. The minimum atomic E-state index is -3.50. The van der Waals surface area contributed by atoms with Crippen molar-refractivity contribution in [1.82, 2.24) is 0 Å². The standard InChI is InChI=1S/C21H21Cl2P/c1-16-4-10-19(11-5-16)24(22,23,20-12-6-17(2)7-13-20)21-14-8-18(3)9-15-21/h4-15H,1-3H3. The summed E-state index contributed by atoms with van der Waals surface area (Å²) in [5.41, 5.74) is 3.58. The molecule has 3 aromatic carbocycles. The molecule has 0 aliphatic carbocycles. The summed E-state index contributed by atoms with van der Waals surface area (Å²) in [7, 11) is 0. The fourth-order valence-electron chi connectivity index (χ4n) is 2.87. The third kappa shape index (κ3) is 2.88. The first-order valence-corrected chi connectivity index (χ1v) is 12.0. The molecule has 0 nitrogen and oxygen atoms in total. The minimum absolute atomic E-state index is 0.975. The van der Waals surface area contributed by atoms with Crippen LogP contribution < -0.4 is 15.9 Å². The van der Waals surface area contributed by atoms with Gasteiger partial charge >= 0.3 is 154 Å². The van der Waals surface area contributed by atoms with Crippen LogP contribution in [0.25, 0.3) is 0 Å². The van der Waals surface area contributed by atoms with Crippen LogP contribution in [-0.2, 0) is 0 Å². The zero-order valence-electron chi connectivity index (χ0n) is 14.1. The first-order chi connectivity index (χ1) is 11.3. The summed E-state index contributed by atoms with van der Waals surface area (Å²) in [4.78, 5) is 0. The van der Waals surface area contributed by atoms with Crippen LogP contribution in [0, 0.1) is 20.8 Å². The van der Waals surface area contributed by atoms with E-state index in [-0.39, 0.29) is 0 Å². The van der Waals surface area contributed by atoms with Gasteiger partial charge in [0.1, 0.15) is 0 Å². The normalized spacial score (nSPS) is 13.3. The van der Waals surface area contributed by atoms with E-state index in [1.54, 1.807) is 0 Å². The fourth-order valence-corrected chi connectivity index (χ4v) is 7.81. The predicted octanol–water partition coefficient (Wildman–Crippen LogP) is 5.75. The Kier molecular flexibility index (Phi) is 4.51. The molecule has 0 heterocycles. The van der Waals surface area contributed by atoms with Gasteiger partial charge in [-0.2, -0.15) is 0 Å². The van der Waals surface area contributed by atoms with Gasteiger partial charge in [-0.3, -0.25) is 0 Å². The van der Waals surface area contributed by atoms with Crippen molar-refractivity contribution in [2.45, 2.75) is 20.8 Å². The van der Waals surface area contributed by atoms with Crippen LogP contribution in [0.4, 0.5) is 0 Å². The molecule has 3 rings (SSSR count). The molecule has 0 spiro atoms. The molecule has 0 fully saturated rings. The molecule has 0 N–H and O–H groups in total. The maximum atomic E-state index is 7.42. The zero-order chi connectivity index (χ0) is 17.4. The average molecular weight is 375 g/mol. The number of aryl methyl sites for hydroxylation is 3. The summed E-state index contributed by atoms with van der Waals surface area (Å²) < 4.78 is 0. The van der Waals surface area contributed by atoms with E-state index in [1.165, 1.54) is 16.7 Å². The first-order valence-electron chi connectivity index (χ1n) is 7.97. The van der Waals surface area contributed by atoms with Crippen molar-refractivity contribution in [3.63, 3.8) is 0 Å². The summed E-state index contributed by atoms with van der Waals surface area (Å²) in [6, 6.07) is 24.8. The van der Waals surface area contributed by atoms with E-state index in [0.717, 1.165) is 15.9 Å². The summed E-state index contributed by atoms with van der Waals surface area (Å²) >= 11 is 14.8. The SMILES string of the molecule is Cc1ccc(P(Cl)(Cl)(c2ccc(C)cc2)c2ccc(C)cc2)cc1. The number of hydrogen-bond donors (Lipinski definition) is 0. The van der Waals surface area contributed by atoms with Gasteiger partial charge in [-0.25, -0.2) is 0 Å². The molecule has 0 atom stereocenters. The van der Waals surface area contributed by atoms with Gasteiger partial charge in [0.25, 0.3) is 0 Å². The van der Waals surface area contributed by atoms with Gasteiger partial charge in [0.15, 0.2) is 0 Å². The van der Waals surface area contributed by atoms with Crippen molar-refractivity contribution in [2.24, 2.45) is 0 Å². The van der Waals surface area contributed by atoms with Crippen LogP contribution in [0.1, 0.15) is 16.7 Å². The van der Waals surface area contributed by atoms with Crippen LogP contribution in [0.15, 0.2) is 72.8 Å². The third-order valence-electron chi connectivity index (χ3n) is 4.46. The van der Waals surface area contributed by atoms with Crippen LogP contribution in [0.5, 0.6) is 0 Å². The molecule has 3 heteroatoms. The zero-order valence-corrected chi connectivity index (χ0v) is 16.5. The molecular weight excluding hydrogens is 354 g/mol. The topological polar surface area (TPSA) is 0 Å². The Labute approximate surface area is 154 Å². The van der Waals surface area contributed by atoms with Crippen molar-refractivity contribution < 1.29 is 0 Å². The van der Waals surface area contributed by atoms with Gasteiger partial charge in [-0.15, -0.1) is 0 Å². The number of rotatable bonds is 3. The Hall–Kier alpha value is -1.33. The Balaban J connectivity index is 2.33. The van der Waals surface area contributed by atoms with Gasteiger partial charge in [-0.05, 0) is 0 Å². The Morgan fingerprint density at radius 1 is 0.458 bits per heavy atom. The van der Waals surface area contributed by atoms with E-state index in [1.807, 2.05) is 0 Å². The van der Waals surface area contributed by atoms with Gasteiger partial charge < -0.3 is 0 Å². The summed E-state index contributed by atoms with van der Waals surface area (Å²) in [6.45, 7) is 6.21. The second-order valence-corrected chi connectivity index (χ2v) is 14.4. The first kappa shape index (κ1) is 17.5. The van der Waals surface area contributed by atoms with Crippen LogP contribution in [-0.4, -0.2) is 0 Å². The van der Waals surface area contributed by atoms with Crippen molar-refractivity contribution in [2.75, 3.05) is 0 Å². The molecule has 0 unspecified atom stereocenters. The van der Waals surface area contributed by atoms with Crippen LogP contribution >= 0.6 is 27.8 Å². The molecule has 0 saturated carbocycles. The summed E-state index contributed by atoms with van der Waals surface area (Å²) in [6.07, 6.45) is 0. The van der Waals surface area contributed by atoms with E-state index in [9.17, 15) is 0 Å². The summed E-state index contributed by atoms with van der Waals surface area (Å²) in [5, 5.41) is -0.579. The fraction of sp³-hybridized carbons (Fsp3) is 0.143. The Morgan fingerprint density at radius 2 is 0.667 bits per heavy atom. The Bertz CT molecular complexity index is 730. The van der Waals surface area contributed by atoms with E-state index in [4.69, 9.17) is 22.5 Å². The number of hydrogen-bond acceptors (Lipinski definition) is 0. The maximum absolute atomic E-state index is 7.42. The van der Waals surface area contributed by atoms with Crippen molar-refractivity contribution >= 4 is 43.7 Å². The molecule has 0 amide bonds. The second-order valence-electron chi connectivity index (χ2n) is 6.41. The van der Waals surface area contributed by atoms with E-state index >= 15 is 0 Å². The van der Waals surface area contributed by atoms with Crippen LogP contribution in [0.3, 0.4) is 0 Å². The van der Waals surface area contributed by atoms with E-state index in [2.05, 4.69) is 93.6 Å². The van der Waals surface area contributed by atoms with Gasteiger partial charge in [0, 0.05) is 0 Å². The van der Waals surface area contributed by atoms with Crippen molar-refractivity contribution in [1.29, 1.82) is 0 Å². The number of benzene rings is 3. The van der Waals surface area contributed by atoms with Crippen molar-refractivity contribution in [3.8, 4) is 0 Å². The molecule has 0 aliphatic rings. The van der Waals surface area contributed by atoms with Gasteiger partial charge in [-0.1, -0.05) is 0 Å². The second kappa shape index (κ2) is 6.19. The van der Waals surface area contributed by atoms with Crippen LogP contribution in [0.2, 0.25) is 0 Å². The molecule has 124 valence electrons. The Morgan fingerprint density at radius 3 is 0.875 bits per heavy atom. The molecular formula is C21H21Cl2P. The van der Waals surface area contributed by atoms with E-state index < -0.39 is 5.31 Å². The van der Waals surface area contributed by atoms with E-state index in [0.29, 0.717) is 0 Å². The molecule has 0 bridgehead atoms. The molecule has 0 aromatic heterocycles. The monoisotopic (exact) mass is 374 g/mol. The average Bonchev–Trinajstić information content (AvgIpc) is 2.56. The third-order valence-corrected chi connectivity index (χ3v) is 11.6. The van der Waals surface area contributed by atoms with Gasteiger partial charge in [0.05, 0.1) is 0 Å². The molecule has 0 saturated heterocycles. The molecule has 3 aromatic rings.